The maximum absolute atomic E-state index is 12.9. The molecule has 2 aromatic heterocycles. The van der Waals surface area contributed by atoms with Gasteiger partial charge in [0.15, 0.2) is 5.69 Å². The van der Waals surface area contributed by atoms with Gasteiger partial charge in [-0.05, 0) is 44.2 Å². The number of carbonyl (C=O) groups is 3. The van der Waals surface area contributed by atoms with Crippen LogP contribution in [0.4, 0.5) is 0 Å². The van der Waals surface area contributed by atoms with Crippen LogP contribution in [0.2, 0.25) is 0 Å². The summed E-state index contributed by atoms with van der Waals surface area (Å²) in [5.41, 5.74) is 4.57. The summed E-state index contributed by atoms with van der Waals surface area (Å²) in [6.07, 6.45) is 1.22. The number of thiophene rings is 1. The molecule has 9 nitrogen and oxygen atoms in total. The number of nitrogens with one attached hydrogen (secondary N) is 2. The average molecular weight is 454 g/mol. The highest BCUT2D eigenvalue weighted by Gasteiger charge is 2.35. The Morgan fingerprint density at radius 2 is 1.84 bits per heavy atom. The number of hydrogen-bond donors (Lipinski definition) is 2. The molecule has 0 radical (unpaired) electrons. The van der Waals surface area contributed by atoms with Crippen molar-refractivity contribution < 1.29 is 14.4 Å². The number of rotatable bonds is 4. The summed E-state index contributed by atoms with van der Waals surface area (Å²) >= 11 is 1.32. The molecule has 1 fully saturated rings. The number of nitrogens with zero attached hydrogens (tertiary/aromatic N) is 3. The van der Waals surface area contributed by atoms with Gasteiger partial charge in [-0.3, -0.25) is 30.0 Å². The molecule has 1 aliphatic heterocycles. The quantitative estimate of drug-likeness (QED) is 0.588. The van der Waals surface area contributed by atoms with Gasteiger partial charge in [-0.15, -0.1) is 11.3 Å². The Morgan fingerprint density at radius 1 is 1.09 bits per heavy atom. The molecule has 3 aromatic rings. The molecule has 0 spiro atoms. The van der Waals surface area contributed by atoms with E-state index in [1.807, 2.05) is 5.38 Å². The van der Waals surface area contributed by atoms with Gasteiger partial charge in [-0.2, -0.15) is 5.10 Å². The van der Waals surface area contributed by atoms with E-state index < -0.39 is 17.9 Å². The van der Waals surface area contributed by atoms with Crippen molar-refractivity contribution in [3.05, 3.63) is 62.7 Å². The predicted octanol–water partition coefficient (Wildman–Crippen LogP) is 2.10. The lowest BCUT2D eigenvalue weighted by Gasteiger charge is -2.23. The van der Waals surface area contributed by atoms with Crippen molar-refractivity contribution in [2.75, 3.05) is 6.54 Å². The van der Waals surface area contributed by atoms with E-state index in [0.717, 1.165) is 0 Å². The molecule has 1 atom stereocenters. The third kappa shape index (κ3) is 4.01. The fraction of sp³-hybridized carbons (Fsp3) is 0.318. The van der Waals surface area contributed by atoms with Gasteiger partial charge in [0.25, 0.3) is 23.3 Å². The molecule has 10 heteroatoms. The van der Waals surface area contributed by atoms with Gasteiger partial charge in [0.1, 0.15) is 6.04 Å². The van der Waals surface area contributed by atoms with Crippen LogP contribution in [-0.4, -0.2) is 45.0 Å². The van der Waals surface area contributed by atoms with Gasteiger partial charge in [0.2, 0.25) is 0 Å². The van der Waals surface area contributed by atoms with E-state index in [1.165, 1.54) is 20.9 Å². The maximum Gasteiger partial charge on any atom is 0.290 e. The van der Waals surface area contributed by atoms with Gasteiger partial charge in [0, 0.05) is 11.9 Å². The van der Waals surface area contributed by atoms with Crippen molar-refractivity contribution >= 4 is 39.8 Å². The first-order valence-corrected chi connectivity index (χ1v) is 11.2. The Bertz CT molecular complexity index is 1230. The Hall–Kier alpha value is -3.53. The highest BCUT2D eigenvalue weighted by atomic mass is 32.1. The maximum atomic E-state index is 12.9. The van der Waals surface area contributed by atoms with E-state index in [-0.39, 0.29) is 23.2 Å². The zero-order valence-corrected chi connectivity index (χ0v) is 18.5. The Kier molecular flexibility index (Phi) is 6.04. The molecule has 1 aliphatic rings. The predicted molar refractivity (Wildman–Crippen MR) is 120 cm³/mol. The number of carbonyl (C=O) groups excluding carboxylic acids is 3. The van der Waals surface area contributed by atoms with Gasteiger partial charge < -0.3 is 4.90 Å². The van der Waals surface area contributed by atoms with Crippen LogP contribution in [-0.2, 0) is 4.79 Å². The second-order valence-electron chi connectivity index (χ2n) is 7.81. The highest BCUT2D eigenvalue weighted by molar-refractivity contribution is 7.12. The Morgan fingerprint density at radius 3 is 2.53 bits per heavy atom. The second-order valence-corrected chi connectivity index (χ2v) is 8.76. The Balaban J connectivity index is 1.52. The third-order valence-corrected chi connectivity index (χ3v) is 6.24. The second kappa shape index (κ2) is 8.91. The number of fused-ring (bicyclic) bond motifs is 1. The normalized spacial score (nSPS) is 15.8. The summed E-state index contributed by atoms with van der Waals surface area (Å²) in [7, 11) is 0. The number of hydrogen-bond acceptors (Lipinski definition) is 6. The molecule has 1 aromatic carbocycles. The fourth-order valence-electron chi connectivity index (χ4n) is 3.81. The standard InChI is InChI=1S/C22H23N5O4S/c1-13(2)27-21(30)15-8-4-3-7-14(15)18(25-27)20(29)24-23-19(28)16-9-5-11-26(16)22(31)17-10-6-12-32-17/h3-4,6-8,10,12-13,16H,5,9,11H2,1-2H3,(H,23,28)(H,24,29)/t16-/m0/s1. The Labute approximate surface area is 188 Å². The van der Waals surface area contributed by atoms with Crippen LogP contribution in [0.1, 0.15) is 52.9 Å². The first kappa shape index (κ1) is 21.7. The van der Waals surface area contributed by atoms with Crippen LogP contribution in [0.25, 0.3) is 10.8 Å². The topological polar surface area (TPSA) is 113 Å². The van der Waals surface area contributed by atoms with Gasteiger partial charge in [-0.1, -0.05) is 24.3 Å². The molecular weight excluding hydrogens is 430 g/mol. The number of benzene rings is 1. The number of hydrazine groups is 1. The third-order valence-electron chi connectivity index (χ3n) is 5.38. The fourth-order valence-corrected chi connectivity index (χ4v) is 4.49. The van der Waals surface area contributed by atoms with E-state index in [1.54, 1.807) is 50.2 Å². The van der Waals surface area contributed by atoms with Crippen LogP contribution in [0.5, 0.6) is 0 Å². The van der Waals surface area contributed by atoms with Crippen LogP contribution >= 0.6 is 11.3 Å². The summed E-state index contributed by atoms with van der Waals surface area (Å²) in [4.78, 5) is 53.1. The van der Waals surface area contributed by atoms with E-state index in [4.69, 9.17) is 0 Å². The molecule has 3 heterocycles. The molecular formula is C22H23N5O4S. The largest absolute Gasteiger partial charge is 0.326 e. The van der Waals surface area contributed by atoms with Crippen molar-refractivity contribution in [2.45, 2.75) is 38.8 Å². The summed E-state index contributed by atoms with van der Waals surface area (Å²) in [6, 6.07) is 9.31. The smallest absolute Gasteiger partial charge is 0.290 e. The van der Waals surface area contributed by atoms with E-state index >= 15 is 0 Å². The summed E-state index contributed by atoms with van der Waals surface area (Å²) in [5.74, 6) is -1.30. The molecule has 1 saturated heterocycles. The molecule has 0 saturated carbocycles. The first-order valence-electron chi connectivity index (χ1n) is 10.3. The molecule has 2 N–H and O–H groups in total. The number of aromatic nitrogens is 2. The van der Waals surface area contributed by atoms with Crippen LogP contribution < -0.4 is 16.4 Å². The monoisotopic (exact) mass is 453 g/mol. The van der Waals surface area contributed by atoms with Gasteiger partial charge >= 0.3 is 0 Å². The van der Waals surface area contributed by atoms with Crippen molar-refractivity contribution in [2.24, 2.45) is 0 Å². The van der Waals surface area contributed by atoms with Gasteiger partial charge in [0.05, 0.1) is 16.3 Å². The zero-order chi connectivity index (χ0) is 22.8. The van der Waals surface area contributed by atoms with Crippen LogP contribution in [0.15, 0.2) is 46.6 Å². The van der Waals surface area contributed by atoms with Crippen LogP contribution in [0, 0.1) is 0 Å². The SMILES string of the molecule is CC(C)n1nc(C(=O)NNC(=O)[C@@H]2CCCN2C(=O)c2cccs2)c2ccccc2c1=O. The molecule has 4 rings (SSSR count). The lowest BCUT2D eigenvalue weighted by Crippen LogP contribution is -2.51. The van der Waals surface area contributed by atoms with Crippen molar-refractivity contribution in [3.8, 4) is 0 Å². The van der Waals surface area contributed by atoms with Crippen LogP contribution in [0.3, 0.4) is 0 Å². The first-order chi connectivity index (χ1) is 15.4. The molecule has 0 aliphatic carbocycles. The summed E-state index contributed by atoms with van der Waals surface area (Å²) < 4.78 is 1.25. The van der Waals surface area contributed by atoms with Gasteiger partial charge in [-0.25, -0.2) is 4.68 Å². The molecule has 0 unspecified atom stereocenters. The minimum atomic E-state index is -0.667. The lowest BCUT2D eigenvalue weighted by molar-refractivity contribution is -0.125. The average Bonchev–Trinajstić information content (AvgIpc) is 3.49. The highest BCUT2D eigenvalue weighted by Crippen LogP contribution is 2.22. The minimum absolute atomic E-state index is 0.0344. The molecule has 166 valence electrons. The molecule has 3 amide bonds. The lowest BCUT2D eigenvalue weighted by atomic mass is 10.1. The molecule has 32 heavy (non-hydrogen) atoms. The van der Waals surface area contributed by atoms with Crippen molar-refractivity contribution in [3.63, 3.8) is 0 Å². The van der Waals surface area contributed by atoms with Crippen molar-refractivity contribution in [1.82, 2.24) is 25.5 Å². The summed E-state index contributed by atoms with van der Waals surface area (Å²) in [5, 5.41) is 6.81. The molecule has 0 bridgehead atoms. The summed E-state index contributed by atoms with van der Waals surface area (Å²) in [6.45, 7) is 4.08. The van der Waals surface area contributed by atoms with E-state index in [9.17, 15) is 19.2 Å². The number of likely N-dealkylation sites (tertiary alicyclic amines) is 1. The number of amides is 3. The van der Waals surface area contributed by atoms with E-state index in [2.05, 4.69) is 16.0 Å². The zero-order valence-electron chi connectivity index (χ0n) is 17.7. The van der Waals surface area contributed by atoms with Crippen molar-refractivity contribution in [1.29, 1.82) is 0 Å². The van der Waals surface area contributed by atoms with E-state index in [0.29, 0.717) is 35.0 Å². The minimum Gasteiger partial charge on any atom is -0.326 e.